The van der Waals surface area contributed by atoms with Crippen LogP contribution in [0.4, 0.5) is 11.6 Å². The molecule has 1 aliphatic rings. The highest BCUT2D eigenvalue weighted by molar-refractivity contribution is 6.33. The summed E-state index contributed by atoms with van der Waals surface area (Å²) in [6, 6.07) is 9.10. The first-order valence-corrected chi connectivity index (χ1v) is 7.75. The fraction of sp³-hybridized carbons (Fsp3) is 0.312. The predicted molar refractivity (Wildman–Crippen MR) is 87.3 cm³/mol. The van der Waals surface area contributed by atoms with E-state index in [2.05, 4.69) is 20.6 Å². The lowest BCUT2D eigenvalue weighted by Crippen LogP contribution is -2.19. The summed E-state index contributed by atoms with van der Waals surface area (Å²) in [7, 11) is 0. The van der Waals surface area contributed by atoms with Crippen molar-refractivity contribution < 1.29 is 4.79 Å². The molecular weight excluding hydrogens is 300 g/mol. The van der Waals surface area contributed by atoms with Gasteiger partial charge in [0.1, 0.15) is 5.69 Å². The van der Waals surface area contributed by atoms with Gasteiger partial charge >= 0.3 is 0 Å². The molecule has 1 amide bonds. The van der Waals surface area contributed by atoms with Crippen LogP contribution in [0.3, 0.4) is 0 Å². The fourth-order valence-corrected chi connectivity index (χ4v) is 2.74. The summed E-state index contributed by atoms with van der Waals surface area (Å²) in [6.45, 7) is 0. The Morgan fingerprint density at radius 1 is 1.18 bits per heavy atom. The third kappa shape index (κ3) is 3.54. The third-order valence-corrected chi connectivity index (χ3v) is 4.03. The largest absolute Gasteiger partial charge is 0.351 e. The first kappa shape index (κ1) is 14.8. The van der Waals surface area contributed by atoms with Crippen LogP contribution >= 0.6 is 11.6 Å². The molecule has 1 saturated carbocycles. The van der Waals surface area contributed by atoms with E-state index in [1.54, 1.807) is 24.4 Å². The van der Waals surface area contributed by atoms with Gasteiger partial charge in [0.2, 0.25) is 5.95 Å². The average Bonchev–Trinajstić information content (AvgIpc) is 3.03. The van der Waals surface area contributed by atoms with Crippen molar-refractivity contribution in [2.75, 3.05) is 10.6 Å². The molecule has 3 rings (SSSR count). The molecule has 2 N–H and O–H groups in total. The van der Waals surface area contributed by atoms with Crippen molar-refractivity contribution in [1.82, 2.24) is 9.97 Å². The van der Waals surface area contributed by atoms with Crippen LogP contribution in [0.25, 0.3) is 0 Å². The lowest BCUT2D eigenvalue weighted by Gasteiger charge is -2.12. The molecule has 0 bridgehead atoms. The maximum absolute atomic E-state index is 12.3. The van der Waals surface area contributed by atoms with E-state index < -0.39 is 0 Å². The Balaban J connectivity index is 1.71. The smallest absolute Gasteiger partial charge is 0.274 e. The van der Waals surface area contributed by atoms with Crippen LogP contribution in [0.2, 0.25) is 5.02 Å². The number of aromatic nitrogens is 2. The van der Waals surface area contributed by atoms with Crippen molar-refractivity contribution in [3.63, 3.8) is 0 Å². The summed E-state index contributed by atoms with van der Waals surface area (Å²) in [4.78, 5) is 20.7. The monoisotopic (exact) mass is 316 g/mol. The van der Waals surface area contributed by atoms with Crippen LogP contribution in [0.15, 0.2) is 36.5 Å². The van der Waals surface area contributed by atoms with Gasteiger partial charge in [0.05, 0.1) is 10.7 Å². The van der Waals surface area contributed by atoms with Gasteiger partial charge in [-0.05, 0) is 31.0 Å². The predicted octanol–water partition coefficient (Wildman–Crippen LogP) is 3.74. The Bertz CT molecular complexity index is 671. The lowest BCUT2D eigenvalue weighted by atomic mass is 10.2. The Kier molecular flexibility index (Phi) is 4.53. The van der Waals surface area contributed by atoms with Gasteiger partial charge < -0.3 is 10.6 Å². The van der Waals surface area contributed by atoms with Gasteiger partial charge in [0, 0.05) is 12.2 Å². The normalized spacial score (nSPS) is 14.8. The quantitative estimate of drug-likeness (QED) is 0.901. The Labute approximate surface area is 134 Å². The molecule has 1 aliphatic carbocycles. The van der Waals surface area contributed by atoms with E-state index in [1.165, 1.54) is 12.8 Å². The number of carbonyl (C=O) groups is 1. The highest BCUT2D eigenvalue weighted by atomic mass is 35.5. The molecule has 0 spiro atoms. The molecule has 114 valence electrons. The minimum Gasteiger partial charge on any atom is -0.351 e. The Hall–Kier alpha value is -2.14. The summed E-state index contributed by atoms with van der Waals surface area (Å²) in [6.07, 6.45) is 6.29. The number of rotatable bonds is 4. The molecule has 22 heavy (non-hydrogen) atoms. The van der Waals surface area contributed by atoms with Crippen molar-refractivity contribution in [3.05, 3.63) is 47.2 Å². The molecule has 0 unspecified atom stereocenters. The molecule has 1 fully saturated rings. The number of halogens is 1. The zero-order chi connectivity index (χ0) is 15.4. The van der Waals surface area contributed by atoms with E-state index >= 15 is 0 Å². The van der Waals surface area contributed by atoms with Crippen LogP contribution in [-0.2, 0) is 0 Å². The van der Waals surface area contributed by atoms with E-state index in [0.29, 0.717) is 28.4 Å². The second-order valence-corrected chi connectivity index (χ2v) is 5.73. The minimum atomic E-state index is -0.301. The second-order valence-electron chi connectivity index (χ2n) is 5.33. The molecule has 6 heteroatoms. The number of hydrogen-bond donors (Lipinski definition) is 2. The van der Waals surface area contributed by atoms with Crippen molar-refractivity contribution in [3.8, 4) is 0 Å². The zero-order valence-corrected chi connectivity index (χ0v) is 12.8. The number of nitrogens with zero attached hydrogens (tertiary/aromatic N) is 2. The number of benzene rings is 1. The van der Waals surface area contributed by atoms with Crippen LogP contribution in [0.1, 0.15) is 36.2 Å². The van der Waals surface area contributed by atoms with E-state index in [4.69, 9.17) is 11.6 Å². The molecular formula is C16H17ClN4O. The average molecular weight is 317 g/mol. The molecule has 2 aromatic rings. The summed E-state index contributed by atoms with van der Waals surface area (Å²) in [5.41, 5.74) is 0.883. The molecule has 1 aromatic heterocycles. The van der Waals surface area contributed by atoms with Gasteiger partial charge in [0.15, 0.2) is 0 Å². The van der Waals surface area contributed by atoms with Gasteiger partial charge in [-0.15, -0.1) is 0 Å². The van der Waals surface area contributed by atoms with Crippen LogP contribution in [-0.4, -0.2) is 21.9 Å². The van der Waals surface area contributed by atoms with Gasteiger partial charge in [-0.3, -0.25) is 4.79 Å². The topological polar surface area (TPSA) is 66.9 Å². The number of nitrogens with one attached hydrogen (secondary N) is 2. The highest BCUT2D eigenvalue weighted by Crippen LogP contribution is 2.22. The van der Waals surface area contributed by atoms with E-state index in [1.807, 2.05) is 12.1 Å². The summed E-state index contributed by atoms with van der Waals surface area (Å²) >= 11 is 6.04. The first-order chi connectivity index (χ1) is 10.7. The summed E-state index contributed by atoms with van der Waals surface area (Å²) in [5, 5.41) is 6.54. The molecule has 0 atom stereocenters. The number of amides is 1. The number of anilines is 2. The molecule has 1 heterocycles. The Morgan fingerprint density at radius 3 is 2.73 bits per heavy atom. The minimum absolute atomic E-state index is 0.301. The van der Waals surface area contributed by atoms with Crippen molar-refractivity contribution in [1.29, 1.82) is 0 Å². The van der Waals surface area contributed by atoms with Gasteiger partial charge in [0.25, 0.3) is 5.91 Å². The maximum atomic E-state index is 12.3. The third-order valence-electron chi connectivity index (χ3n) is 3.70. The number of carbonyl (C=O) groups excluding carboxylic acids is 1. The van der Waals surface area contributed by atoms with Crippen molar-refractivity contribution >= 4 is 29.1 Å². The Morgan fingerprint density at radius 2 is 1.95 bits per heavy atom. The van der Waals surface area contributed by atoms with Gasteiger partial charge in [-0.2, -0.15) is 0 Å². The van der Waals surface area contributed by atoms with Crippen molar-refractivity contribution in [2.45, 2.75) is 31.7 Å². The zero-order valence-electron chi connectivity index (χ0n) is 12.1. The van der Waals surface area contributed by atoms with Crippen LogP contribution in [0, 0.1) is 0 Å². The molecule has 0 radical (unpaired) electrons. The van der Waals surface area contributed by atoms with Gasteiger partial charge in [-0.1, -0.05) is 36.6 Å². The van der Waals surface area contributed by atoms with E-state index in [0.717, 1.165) is 12.8 Å². The molecule has 5 nitrogen and oxygen atoms in total. The lowest BCUT2D eigenvalue weighted by molar-refractivity contribution is 0.102. The van der Waals surface area contributed by atoms with E-state index in [-0.39, 0.29) is 5.91 Å². The van der Waals surface area contributed by atoms with Crippen molar-refractivity contribution in [2.24, 2.45) is 0 Å². The van der Waals surface area contributed by atoms with Gasteiger partial charge in [-0.25, -0.2) is 9.97 Å². The molecule has 1 aromatic carbocycles. The maximum Gasteiger partial charge on any atom is 0.274 e. The molecule has 0 aliphatic heterocycles. The highest BCUT2D eigenvalue weighted by Gasteiger charge is 2.16. The van der Waals surface area contributed by atoms with Crippen LogP contribution < -0.4 is 10.6 Å². The number of para-hydroxylation sites is 1. The first-order valence-electron chi connectivity index (χ1n) is 7.38. The van der Waals surface area contributed by atoms with E-state index in [9.17, 15) is 4.79 Å². The standard InChI is InChI=1S/C16H17ClN4O/c17-12-7-3-4-8-13(12)20-15(22)14-9-10-18-16(21-14)19-11-5-1-2-6-11/h3-4,7-11H,1-2,5-6H2,(H,20,22)(H,18,19,21). The van der Waals surface area contributed by atoms with Crippen LogP contribution in [0.5, 0.6) is 0 Å². The second kappa shape index (κ2) is 6.75. The number of hydrogen-bond acceptors (Lipinski definition) is 4. The fourth-order valence-electron chi connectivity index (χ4n) is 2.56. The summed E-state index contributed by atoms with van der Waals surface area (Å²) < 4.78 is 0. The molecule has 0 saturated heterocycles. The SMILES string of the molecule is O=C(Nc1ccccc1Cl)c1ccnc(NC2CCCC2)n1. The summed E-state index contributed by atoms with van der Waals surface area (Å²) in [5.74, 6) is 0.198.